The molecule has 0 spiro atoms. The van der Waals surface area contributed by atoms with Gasteiger partial charge in [0.2, 0.25) is 5.88 Å². The van der Waals surface area contributed by atoms with Crippen molar-refractivity contribution in [3.63, 3.8) is 0 Å². The minimum absolute atomic E-state index is 0.350. The van der Waals surface area contributed by atoms with E-state index in [2.05, 4.69) is 9.97 Å². The largest absolute Gasteiger partial charge is 0.495 e. The Labute approximate surface area is 124 Å². The summed E-state index contributed by atoms with van der Waals surface area (Å²) in [4.78, 5) is 8.70. The molecular formula is C15H14BN3O2. The van der Waals surface area contributed by atoms with Crippen molar-refractivity contribution in [2.24, 2.45) is 7.05 Å². The van der Waals surface area contributed by atoms with E-state index in [-0.39, 0.29) is 0 Å². The van der Waals surface area contributed by atoms with Crippen LogP contribution < -0.4 is 14.9 Å². The number of rotatable bonds is 4. The predicted octanol–water partition coefficient (Wildman–Crippen LogP) is 1.35. The Morgan fingerprint density at radius 2 is 2.10 bits per heavy atom. The Balaban J connectivity index is 1.76. The molecular weight excluding hydrogens is 265 g/mol. The van der Waals surface area contributed by atoms with Crippen LogP contribution in [0.3, 0.4) is 0 Å². The highest BCUT2D eigenvalue weighted by Gasteiger charge is 2.06. The van der Waals surface area contributed by atoms with Crippen molar-refractivity contribution >= 4 is 24.3 Å². The Bertz CT molecular complexity index is 768. The summed E-state index contributed by atoms with van der Waals surface area (Å²) < 4.78 is 12.6. The van der Waals surface area contributed by atoms with Crippen molar-refractivity contribution in [3.05, 3.63) is 42.4 Å². The van der Waals surface area contributed by atoms with E-state index in [4.69, 9.17) is 17.3 Å². The first-order valence-electron chi connectivity index (χ1n) is 6.50. The molecule has 0 amide bonds. The smallest absolute Gasteiger partial charge is 0.215 e. The minimum Gasteiger partial charge on any atom is -0.495 e. The number of aryl methyl sites for hydroxylation is 1. The van der Waals surface area contributed by atoms with Crippen LogP contribution >= 0.6 is 0 Å². The van der Waals surface area contributed by atoms with Gasteiger partial charge in [0.25, 0.3) is 0 Å². The summed E-state index contributed by atoms with van der Waals surface area (Å²) in [6, 6.07) is 7.43. The number of nitrogens with zero attached hydrogens (tertiary/aromatic N) is 3. The summed E-state index contributed by atoms with van der Waals surface area (Å²) in [5, 5.41) is 0.924. The lowest BCUT2D eigenvalue weighted by atomic mass is 9.97. The van der Waals surface area contributed by atoms with Gasteiger partial charge in [-0.3, -0.25) is 4.98 Å². The molecule has 0 unspecified atom stereocenters. The third-order valence-corrected chi connectivity index (χ3v) is 3.23. The van der Waals surface area contributed by atoms with E-state index in [0.29, 0.717) is 17.9 Å². The van der Waals surface area contributed by atoms with Gasteiger partial charge in [-0.2, -0.15) is 4.98 Å². The van der Waals surface area contributed by atoms with E-state index in [1.807, 2.05) is 42.1 Å². The molecule has 0 aliphatic carbocycles. The second kappa shape index (κ2) is 5.48. The topological polar surface area (TPSA) is 49.2 Å². The molecule has 3 aromatic heterocycles. The second-order valence-corrected chi connectivity index (χ2v) is 4.69. The molecule has 0 saturated heterocycles. The number of hydrogen-bond acceptors (Lipinski definition) is 4. The van der Waals surface area contributed by atoms with Gasteiger partial charge in [-0.15, -0.1) is 0 Å². The summed E-state index contributed by atoms with van der Waals surface area (Å²) in [5.74, 6) is 1.26. The van der Waals surface area contributed by atoms with E-state index in [0.717, 1.165) is 22.5 Å². The van der Waals surface area contributed by atoms with Gasteiger partial charge in [-0.25, -0.2) is 0 Å². The van der Waals surface area contributed by atoms with Crippen molar-refractivity contribution in [2.75, 3.05) is 7.11 Å². The minimum atomic E-state index is 0.350. The van der Waals surface area contributed by atoms with Gasteiger partial charge in [-0.1, -0.05) is 5.46 Å². The molecule has 104 valence electrons. The third kappa shape index (κ3) is 2.70. The maximum Gasteiger partial charge on any atom is 0.215 e. The fourth-order valence-electron chi connectivity index (χ4n) is 2.11. The van der Waals surface area contributed by atoms with E-state index < -0.39 is 0 Å². The van der Waals surface area contributed by atoms with Crippen LogP contribution in [0, 0.1) is 0 Å². The van der Waals surface area contributed by atoms with Crippen molar-refractivity contribution in [1.29, 1.82) is 0 Å². The summed E-state index contributed by atoms with van der Waals surface area (Å²) in [7, 11) is 9.41. The summed E-state index contributed by atoms with van der Waals surface area (Å²) >= 11 is 0. The molecule has 6 heteroatoms. The quantitative estimate of drug-likeness (QED) is 0.676. The highest BCUT2D eigenvalue weighted by Crippen LogP contribution is 2.16. The van der Waals surface area contributed by atoms with Crippen molar-refractivity contribution in [1.82, 2.24) is 14.5 Å². The van der Waals surface area contributed by atoms with Crippen molar-refractivity contribution < 1.29 is 9.47 Å². The highest BCUT2D eigenvalue weighted by molar-refractivity contribution is 6.38. The van der Waals surface area contributed by atoms with Gasteiger partial charge in [0, 0.05) is 18.5 Å². The van der Waals surface area contributed by atoms with Gasteiger partial charge in [0.15, 0.2) is 0 Å². The van der Waals surface area contributed by atoms with Crippen LogP contribution in [0.25, 0.3) is 11.0 Å². The van der Waals surface area contributed by atoms with E-state index >= 15 is 0 Å². The van der Waals surface area contributed by atoms with Gasteiger partial charge < -0.3 is 14.0 Å². The number of methoxy groups -OCH3 is 1. The molecule has 3 rings (SSSR count). The highest BCUT2D eigenvalue weighted by atomic mass is 16.5. The van der Waals surface area contributed by atoms with Gasteiger partial charge in [0.05, 0.1) is 19.0 Å². The summed E-state index contributed by atoms with van der Waals surface area (Å²) in [5.41, 5.74) is 2.32. The van der Waals surface area contributed by atoms with Crippen molar-refractivity contribution in [3.8, 4) is 11.6 Å². The Morgan fingerprint density at radius 3 is 2.81 bits per heavy atom. The number of fused-ring (bicyclic) bond motifs is 1. The Morgan fingerprint density at radius 1 is 1.24 bits per heavy atom. The van der Waals surface area contributed by atoms with Gasteiger partial charge in [-0.05, 0) is 24.4 Å². The zero-order valence-corrected chi connectivity index (χ0v) is 11.9. The molecule has 0 aromatic carbocycles. The molecule has 3 heterocycles. The second-order valence-electron chi connectivity index (χ2n) is 4.69. The van der Waals surface area contributed by atoms with Gasteiger partial charge in [0.1, 0.15) is 25.8 Å². The zero-order valence-electron chi connectivity index (χ0n) is 11.9. The standard InChI is InChI=1S/C15H14BN3O2/c1-19-8-13(16)12-5-6-14(18-15(12)19)21-9-10-3-4-11(20-2)7-17-10/h3-8H,9H2,1-2H3. The molecule has 0 atom stereocenters. The molecule has 0 bridgehead atoms. The number of pyridine rings is 2. The van der Waals surface area contributed by atoms with Crippen LogP contribution in [-0.4, -0.2) is 29.5 Å². The third-order valence-electron chi connectivity index (χ3n) is 3.23. The first-order chi connectivity index (χ1) is 10.2. The lowest BCUT2D eigenvalue weighted by Gasteiger charge is -2.06. The van der Waals surface area contributed by atoms with Crippen LogP contribution in [0.1, 0.15) is 5.69 Å². The number of aromatic nitrogens is 3. The molecule has 0 saturated carbocycles. The predicted molar refractivity (Wildman–Crippen MR) is 81.2 cm³/mol. The van der Waals surface area contributed by atoms with Crippen LogP contribution in [0.2, 0.25) is 0 Å². The molecule has 21 heavy (non-hydrogen) atoms. The van der Waals surface area contributed by atoms with Gasteiger partial charge >= 0.3 is 0 Å². The van der Waals surface area contributed by atoms with Crippen LogP contribution in [0.5, 0.6) is 11.6 Å². The Hall–Kier alpha value is -2.50. The first kappa shape index (κ1) is 13.5. The Kier molecular flexibility index (Phi) is 3.52. The van der Waals surface area contributed by atoms with E-state index in [1.54, 1.807) is 13.3 Å². The molecule has 3 aromatic rings. The average molecular weight is 279 g/mol. The SMILES string of the molecule is [B]c1cn(C)c2nc(OCc3ccc(OC)cn3)ccc12. The average Bonchev–Trinajstić information content (AvgIpc) is 2.80. The fourth-order valence-corrected chi connectivity index (χ4v) is 2.11. The zero-order chi connectivity index (χ0) is 14.8. The summed E-state index contributed by atoms with van der Waals surface area (Å²) in [6.45, 7) is 0.350. The molecule has 0 aliphatic rings. The number of hydrogen-bond donors (Lipinski definition) is 0. The maximum atomic E-state index is 5.90. The molecule has 0 N–H and O–H groups in total. The monoisotopic (exact) mass is 279 g/mol. The number of ether oxygens (including phenoxy) is 2. The maximum absolute atomic E-state index is 5.90. The summed E-state index contributed by atoms with van der Waals surface area (Å²) in [6.07, 6.45) is 3.50. The van der Waals surface area contributed by atoms with E-state index in [1.165, 1.54) is 0 Å². The lowest BCUT2D eigenvalue weighted by molar-refractivity contribution is 0.289. The van der Waals surface area contributed by atoms with Crippen LogP contribution in [-0.2, 0) is 13.7 Å². The lowest BCUT2D eigenvalue weighted by Crippen LogP contribution is -2.01. The first-order valence-corrected chi connectivity index (χ1v) is 6.50. The van der Waals surface area contributed by atoms with Crippen LogP contribution in [0.15, 0.2) is 36.7 Å². The van der Waals surface area contributed by atoms with Crippen molar-refractivity contribution in [2.45, 2.75) is 6.61 Å². The fraction of sp³-hybridized carbons (Fsp3) is 0.200. The molecule has 5 nitrogen and oxygen atoms in total. The normalized spacial score (nSPS) is 10.8. The molecule has 2 radical (unpaired) electrons. The van der Waals surface area contributed by atoms with E-state index in [9.17, 15) is 0 Å². The molecule has 0 fully saturated rings. The van der Waals surface area contributed by atoms with Crippen LogP contribution in [0.4, 0.5) is 0 Å². The molecule has 0 aliphatic heterocycles.